The molecule has 0 fully saturated rings. The van der Waals surface area contributed by atoms with Crippen LogP contribution in [0.5, 0.6) is 0 Å². The SMILES string of the molecule is C=C(C)COC(C)CC[Si](OCC)(OCC)OCC. The number of hydrogen-bond acceptors (Lipinski definition) is 4. The average Bonchev–Trinajstić information content (AvgIpc) is 2.35. The molecule has 0 aliphatic heterocycles. The Morgan fingerprint density at radius 1 is 1.05 bits per heavy atom. The largest absolute Gasteiger partial charge is 0.501 e. The average molecular weight is 290 g/mol. The van der Waals surface area contributed by atoms with Crippen LogP contribution >= 0.6 is 0 Å². The lowest BCUT2D eigenvalue weighted by Crippen LogP contribution is -2.46. The van der Waals surface area contributed by atoms with Gasteiger partial charge in [0.25, 0.3) is 0 Å². The molecule has 0 N–H and O–H groups in total. The Balaban J connectivity index is 4.32. The van der Waals surface area contributed by atoms with E-state index in [4.69, 9.17) is 18.0 Å². The standard InChI is InChI=1S/C14H30O4Si/c1-7-16-19(17-8-2,18-9-3)11-10-14(6)15-12-13(4)5/h14H,4,7-12H2,1-3,5-6H3. The van der Waals surface area contributed by atoms with Crippen molar-refractivity contribution in [3.63, 3.8) is 0 Å². The highest BCUT2D eigenvalue weighted by molar-refractivity contribution is 6.60. The van der Waals surface area contributed by atoms with Crippen molar-refractivity contribution < 1.29 is 18.0 Å². The smallest absolute Gasteiger partial charge is 0.374 e. The van der Waals surface area contributed by atoms with Crippen LogP contribution in [-0.2, 0) is 18.0 Å². The van der Waals surface area contributed by atoms with Gasteiger partial charge in [-0.15, -0.1) is 0 Å². The maximum absolute atomic E-state index is 5.81. The second kappa shape index (κ2) is 10.6. The van der Waals surface area contributed by atoms with Gasteiger partial charge >= 0.3 is 8.80 Å². The van der Waals surface area contributed by atoms with Crippen molar-refractivity contribution in [1.29, 1.82) is 0 Å². The summed E-state index contributed by atoms with van der Waals surface area (Å²) in [6.07, 6.45) is 1.03. The van der Waals surface area contributed by atoms with Crippen LogP contribution in [0.25, 0.3) is 0 Å². The third-order valence-corrected chi connectivity index (χ3v) is 5.65. The highest BCUT2D eigenvalue weighted by Gasteiger charge is 2.40. The fraction of sp³-hybridized carbons (Fsp3) is 0.857. The van der Waals surface area contributed by atoms with Gasteiger partial charge < -0.3 is 18.0 Å². The minimum atomic E-state index is -2.52. The van der Waals surface area contributed by atoms with E-state index in [2.05, 4.69) is 13.5 Å². The summed E-state index contributed by atoms with van der Waals surface area (Å²) in [5.41, 5.74) is 1.04. The Hall–Kier alpha value is -0.203. The molecule has 0 amide bonds. The predicted octanol–water partition coefficient (Wildman–Crippen LogP) is 3.41. The first kappa shape index (κ1) is 18.8. The fourth-order valence-corrected chi connectivity index (χ4v) is 4.51. The molecule has 19 heavy (non-hydrogen) atoms. The molecule has 0 aliphatic carbocycles. The van der Waals surface area contributed by atoms with E-state index >= 15 is 0 Å². The van der Waals surface area contributed by atoms with Gasteiger partial charge in [0.2, 0.25) is 0 Å². The molecule has 0 rings (SSSR count). The van der Waals surface area contributed by atoms with Crippen LogP contribution in [0.1, 0.15) is 41.0 Å². The van der Waals surface area contributed by atoms with Crippen LogP contribution in [-0.4, -0.2) is 41.3 Å². The number of rotatable bonds is 12. The molecule has 0 aromatic heterocycles. The van der Waals surface area contributed by atoms with E-state index < -0.39 is 8.80 Å². The van der Waals surface area contributed by atoms with Crippen molar-refractivity contribution in [2.45, 2.75) is 53.2 Å². The Labute approximate surface area is 119 Å². The summed E-state index contributed by atoms with van der Waals surface area (Å²) in [6.45, 7) is 16.2. The molecule has 0 saturated carbocycles. The first-order valence-corrected chi connectivity index (χ1v) is 9.10. The lowest BCUT2D eigenvalue weighted by molar-refractivity contribution is 0.0529. The molecule has 114 valence electrons. The lowest BCUT2D eigenvalue weighted by atomic mass is 10.3. The first-order chi connectivity index (χ1) is 8.99. The molecule has 0 saturated heterocycles. The molecule has 0 bridgehead atoms. The minimum absolute atomic E-state index is 0.157. The Kier molecular flexibility index (Phi) is 10.5. The van der Waals surface area contributed by atoms with Gasteiger partial charge in [0.15, 0.2) is 0 Å². The van der Waals surface area contributed by atoms with Crippen molar-refractivity contribution in [3.8, 4) is 0 Å². The summed E-state index contributed by atoms with van der Waals surface area (Å²) in [5, 5.41) is 0. The monoisotopic (exact) mass is 290 g/mol. The zero-order valence-electron chi connectivity index (χ0n) is 13.2. The normalized spacial score (nSPS) is 13.5. The van der Waals surface area contributed by atoms with Crippen LogP contribution < -0.4 is 0 Å². The predicted molar refractivity (Wildman–Crippen MR) is 80.3 cm³/mol. The molecule has 1 unspecified atom stereocenters. The molecule has 4 nitrogen and oxygen atoms in total. The fourth-order valence-electron chi connectivity index (χ4n) is 1.75. The second-order valence-electron chi connectivity index (χ2n) is 4.60. The van der Waals surface area contributed by atoms with E-state index in [9.17, 15) is 0 Å². The van der Waals surface area contributed by atoms with Gasteiger partial charge in [0, 0.05) is 25.9 Å². The van der Waals surface area contributed by atoms with Crippen molar-refractivity contribution in [1.82, 2.24) is 0 Å². The van der Waals surface area contributed by atoms with Crippen LogP contribution in [0, 0.1) is 0 Å². The zero-order valence-corrected chi connectivity index (χ0v) is 14.2. The summed E-state index contributed by atoms with van der Waals surface area (Å²) < 4.78 is 23.1. The molecule has 5 heteroatoms. The third-order valence-electron chi connectivity index (χ3n) is 2.56. The zero-order chi connectivity index (χ0) is 14.7. The van der Waals surface area contributed by atoms with Crippen LogP contribution in [0.3, 0.4) is 0 Å². The van der Waals surface area contributed by atoms with Gasteiger partial charge in [-0.05, 0) is 41.0 Å². The highest BCUT2D eigenvalue weighted by Crippen LogP contribution is 2.20. The molecule has 0 radical (unpaired) electrons. The van der Waals surface area contributed by atoms with Crippen molar-refractivity contribution in [2.24, 2.45) is 0 Å². The van der Waals surface area contributed by atoms with Gasteiger partial charge in [-0.3, -0.25) is 0 Å². The number of hydrogen-bond donors (Lipinski definition) is 0. The summed E-state index contributed by atoms with van der Waals surface area (Å²) in [5.74, 6) is 0. The Morgan fingerprint density at radius 3 is 1.89 bits per heavy atom. The lowest BCUT2D eigenvalue weighted by Gasteiger charge is -2.29. The minimum Gasteiger partial charge on any atom is -0.374 e. The Morgan fingerprint density at radius 2 is 1.53 bits per heavy atom. The molecule has 1 atom stereocenters. The van der Waals surface area contributed by atoms with Crippen LogP contribution in [0.15, 0.2) is 12.2 Å². The van der Waals surface area contributed by atoms with E-state index in [-0.39, 0.29) is 6.10 Å². The molecule has 0 aromatic rings. The maximum Gasteiger partial charge on any atom is 0.501 e. The van der Waals surface area contributed by atoms with Gasteiger partial charge in [-0.2, -0.15) is 0 Å². The Bertz CT molecular complexity index is 229. The molecule has 0 aromatic carbocycles. The van der Waals surface area contributed by atoms with Gasteiger partial charge in [-0.25, -0.2) is 0 Å². The quantitative estimate of drug-likeness (QED) is 0.408. The van der Waals surface area contributed by atoms with Crippen LogP contribution in [0.4, 0.5) is 0 Å². The van der Waals surface area contributed by atoms with Gasteiger partial charge in [0.1, 0.15) is 0 Å². The summed E-state index contributed by atoms with van der Waals surface area (Å²) in [7, 11) is -2.52. The molecular weight excluding hydrogens is 260 g/mol. The number of ether oxygens (including phenoxy) is 1. The van der Waals surface area contributed by atoms with Crippen molar-refractivity contribution in [2.75, 3.05) is 26.4 Å². The highest BCUT2D eigenvalue weighted by atomic mass is 28.4. The van der Waals surface area contributed by atoms with Crippen LogP contribution in [0.2, 0.25) is 6.04 Å². The second-order valence-corrected chi connectivity index (χ2v) is 7.33. The summed E-state index contributed by atoms with van der Waals surface area (Å²) in [6, 6.07) is 0.792. The van der Waals surface area contributed by atoms with Gasteiger partial charge in [-0.1, -0.05) is 12.2 Å². The third kappa shape index (κ3) is 8.55. The molecule has 0 spiro atoms. The van der Waals surface area contributed by atoms with E-state index in [1.165, 1.54) is 0 Å². The topological polar surface area (TPSA) is 36.9 Å². The van der Waals surface area contributed by atoms with E-state index in [0.29, 0.717) is 26.4 Å². The van der Waals surface area contributed by atoms with Crippen molar-refractivity contribution >= 4 is 8.80 Å². The van der Waals surface area contributed by atoms with Crippen molar-refractivity contribution in [3.05, 3.63) is 12.2 Å². The molecular formula is C14H30O4Si. The van der Waals surface area contributed by atoms with Gasteiger partial charge in [0.05, 0.1) is 12.7 Å². The maximum atomic E-state index is 5.81. The first-order valence-electron chi connectivity index (χ1n) is 7.17. The van der Waals surface area contributed by atoms with E-state index in [0.717, 1.165) is 18.0 Å². The molecule has 0 aliphatic rings. The summed E-state index contributed by atoms with van der Waals surface area (Å²) >= 11 is 0. The summed E-state index contributed by atoms with van der Waals surface area (Å²) in [4.78, 5) is 0. The molecule has 0 heterocycles. The van der Waals surface area contributed by atoms with E-state index in [1.807, 2.05) is 27.7 Å². The van der Waals surface area contributed by atoms with E-state index in [1.54, 1.807) is 0 Å².